The quantitative estimate of drug-likeness (QED) is 0.521. The van der Waals surface area contributed by atoms with Crippen molar-refractivity contribution in [2.75, 3.05) is 0 Å². The highest BCUT2D eigenvalue weighted by molar-refractivity contribution is 14.1. The van der Waals surface area contributed by atoms with Crippen LogP contribution in [0.15, 0.2) is 36.4 Å². The highest BCUT2D eigenvalue weighted by Gasteiger charge is 2.05. The summed E-state index contributed by atoms with van der Waals surface area (Å²) in [7, 11) is 0. The number of alkyl halides is 1. The van der Waals surface area contributed by atoms with E-state index in [0.717, 1.165) is 33.4 Å². The molecule has 0 bridgehead atoms. The molecule has 1 heterocycles. The normalized spacial score (nSPS) is 10.5. The van der Waals surface area contributed by atoms with Crippen molar-refractivity contribution in [3.8, 4) is 11.6 Å². The molecule has 100 valence electrons. The lowest BCUT2D eigenvalue weighted by Gasteiger charge is -2.09. The Labute approximate surface area is 132 Å². The van der Waals surface area contributed by atoms with E-state index in [4.69, 9.17) is 16.3 Å². The smallest absolute Gasteiger partial charge is 0.219 e. The van der Waals surface area contributed by atoms with Gasteiger partial charge in [0.15, 0.2) is 0 Å². The van der Waals surface area contributed by atoms with Crippen LogP contribution in [-0.4, -0.2) is 4.98 Å². The van der Waals surface area contributed by atoms with Gasteiger partial charge in [-0.25, -0.2) is 4.98 Å². The first kappa shape index (κ1) is 14.6. The van der Waals surface area contributed by atoms with Crippen LogP contribution < -0.4 is 4.74 Å². The van der Waals surface area contributed by atoms with Gasteiger partial charge in [0.25, 0.3) is 0 Å². The average molecular weight is 388 g/mol. The standard InChI is InChI=1S/C15H15ClINO/c1-2-4-13-7-11(10-16)8-15(18-13)19-14-6-3-5-12(17)9-14/h3,5-9H,2,4,10H2,1H3. The first-order valence-electron chi connectivity index (χ1n) is 6.20. The molecule has 19 heavy (non-hydrogen) atoms. The van der Waals surface area contributed by atoms with Crippen molar-refractivity contribution in [3.05, 3.63) is 51.2 Å². The summed E-state index contributed by atoms with van der Waals surface area (Å²) in [5.41, 5.74) is 2.07. The summed E-state index contributed by atoms with van der Waals surface area (Å²) in [6.45, 7) is 2.13. The fraction of sp³-hybridized carbons (Fsp3) is 0.267. The minimum atomic E-state index is 0.474. The number of pyridine rings is 1. The zero-order chi connectivity index (χ0) is 13.7. The van der Waals surface area contributed by atoms with Gasteiger partial charge in [0.05, 0.1) is 0 Å². The Balaban J connectivity index is 2.26. The van der Waals surface area contributed by atoms with Crippen molar-refractivity contribution >= 4 is 34.2 Å². The molecule has 0 aliphatic rings. The number of hydrogen-bond acceptors (Lipinski definition) is 2. The Kier molecular flexibility index (Phi) is 5.45. The highest BCUT2D eigenvalue weighted by Crippen LogP contribution is 2.23. The molecule has 0 N–H and O–H groups in total. The number of benzene rings is 1. The first-order chi connectivity index (χ1) is 9.21. The predicted molar refractivity (Wildman–Crippen MR) is 87.0 cm³/mol. The highest BCUT2D eigenvalue weighted by atomic mass is 127. The lowest BCUT2D eigenvalue weighted by Crippen LogP contribution is -1.96. The van der Waals surface area contributed by atoms with Gasteiger partial charge in [-0.3, -0.25) is 0 Å². The van der Waals surface area contributed by atoms with E-state index in [-0.39, 0.29) is 0 Å². The van der Waals surface area contributed by atoms with E-state index in [1.165, 1.54) is 0 Å². The molecule has 0 radical (unpaired) electrons. The molecule has 0 aliphatic carbocycles. The molecule has 0 aliphatic heterocycles. The van der Waals surface area contributed by atoms with E-state index in [1.807, 2.05) is 36.4 Å². The molecular formula is C15H15ClINO. The van der Waals surface area contributed by atoms with E-state index < -0.39 is 0 Å². The van der Waals surface area contributed by atoms with Crippen LogP contribution in [0.3, 0.4) is 0 Å². The van der Waals surface area contributed by atoms with Crippen molar-refractivity contribution in [3.63, 3.8) is 0 Å². The second-order valence-electron chi connectivity index (χ2n) is 4.25. The fourth-order valence-electron chi connectivity index (χ4n) is 1.79. The third-order valence-electron chi connectivity index (χ3n) is 2.59. The van der Waals surface area contributed by atoms with E-state index in [2.05, 4.69) is 34.5 Å². The summed E-state index contributed by atoms with van der Waals surface area (Å²) in [5.74, 6) is 1.89. The zero-order valence-corrected chi connectivity index (χ0v) is 13.6. The lowest BCUT2D eigenvalue weighted by atomic mass is 10.2. The van der Waals surface area contributed by atoms with Gasteiger partial charge in [0.1, 0.15) is 5.75 Å². The number of nitrogens with zero attached hydrogens (tertiary/aromatic N) is 1. The van der Waals surface area contributed by atoms with E-state index in [9.17, 15) is 0 Å². The topological polar surface area (TPSA) is 22.1 Å². The van der Waals surface area contributed by atoms with Gasteiger partial charge in [-0.15, -0.1) is 11.6 Å². The monoisotopic (exact) mass is 387 g/mol. The number of aromatic nitrogens is 1. The molecule has 0 amide bonds. The number of ether oxygens (including phenoxy) is 1. The maximum atomic E-state index is 5.91. The van der Waals surface area contributed by atoms with Crippen LogP contribution in [-0.2, 0) is 12.3 Å². The van der Waals surface area contributed by atoms with Crippen molar-refractivity contribution in [1.82, 2.24) is 4.98 Å². The maximum absolute atomic E-state index is 5.91. The summed E-state index contributed by atoms with van der Waals surface area (Å²) in [4.78, 5) is 4.51. The lowest BCUT2D eigenvalue weighted by molar-refractivity contribution is 0.459. The number of halogens is 2. The Morgan fingerprint density at radius 3 is 2.79 bits per heavy atom. The van der Waals surface area contributed by atoms with Crippen LogP contribution in [0.25, 0.3) is 0 Å². The Hall–Kier alpha value is -0.810. The van der Waals surface area contributed by atoms with Crippen molar-refractivity contribution < 1.29 is 4.74 Å². The van der Waals surface area contributed by atoms with Gasteiger partial charge in [-0.05, 0) is 58.8 Å². The fourth-order valence-corrected chi connectivity index (χ4v) is 2.45. The Bertz CT molecular complexity index is 560. The van der Waals surface area contributed by atoms with Crippen LogP contribution >= 0.6 is 34.2 Å². The number of aryl methyl sites for hydroxylation is 1. The molecule has 1 aromatic heterocycles. The van der Waals surface area contributed by atoms with Crippen LogP contribution in [0.4, 0.5) is 0 Å². The molecule has 4 heteroatoms. The molecule has 0 saturated heterocycles. The van der Waals surface area contributed by atoms with Crippen LogP contribution in [0, 0.1) is 3.57 Å². The largest absolute Gasteiger partial charge is 0.439 e. The van der Waals surface area contributed by atoms with Crippen molar-refractivity contribution in [1.29, 1.82) is 0 Å². The summed E-state index contributed by atoms with van der Waals surface area (Å²) >= 11 is 8.18. The molecule has 0 unspecified atom stereocenters. The molecule has 0 atom stereocenters. The SMILES string of the molecule is CCCc1cc(CCl)cc(Oc2cccc(I)c2)n1. The van der Waals surface area contributed by atoms with Gasteiger partial charge in [0.2, 0.25) is 5.88 Å². The van der Waals surface area contributed by atoms with Crippen LogP contribution in [0.1, 0.15) is 24.6 Å². The van der Waals surface area contributed by atoms with Gasteiger partial charge >= 0.3 is 0 Å². The summed E-state index contributed by atoms with van der Waals surface area (Å²) < 4.78 is 6.95. The van der Waals surface area contributed by atoms with Gasteiger partial charge < -0.3 is 4.74 Å². The van der Waals surface area contributed by atoms with E-state index in [0.29, 0.717) is 11.8 Å². The summed E-state index contributed by atoms with van der Waals surface area (Å²) in [6.07, 6.45) is 1.99. The zero-order valence-electron chi connectivity index (χ0n) is 10.7. The van der Waals surface area contributed by atoms with Crippen molar-refractivity contribution in [2.45, 2.75) is 25.6 Å². The molecule has 0 spiro atoms. The van der Waals surface area contributed by atoms with E-state index >= 15 is 0 Å². The predicted octanol–water partition coefficient (Wildman–Crippen LogP) is 5.17. The second kappa shape index (κ2) is 7.10. The maximum Gasteiger partial charge on any atom is 0.219 e. The second-order valence-corrected chi connectivity index (χ2v) is 5.76. The van der Waals surface area contributed by atoms with Crippen LogP contribution in [0.2, 0.25) is 0 Å². The number of rotatable bonds is 5. The molecule has 2 aromatic rings. The molecule has 0 fully saturated rings. The third kappa shape index (κ3) is 4.35. The first-order valence-corrected chi connectivity index (χ1v) is 7.82. The molecule has 2 nitrogen and oxygen atoms in total. The summed E-state index contributed by atoms with van der Waals surface area (Å²) in [5, 5.41) is 0. The Morgan fingerprint density at radius 2 is 2.11 bits per heavy atom. The van der Waals surface area contributed by atoms with Gasteiger partial charge in [-0.2, -0.15) is 0 Å². The van der Waals surface area contributed by atoms with Crippen molar-refractivity contribution in [2.24, 2.45) is 0 Å². The minimum Gasteiger partial charge on any atom is -0.439 e. The van der Waals surface area contributed by atoms with Gasteiger partial charge in [-0.1, -0.05) is 19.4 Å². The molecule has 0 saturated carbocycles. The average Bonchev–Trinajstić information content (AvgIpc) is 2.39. The molecule has 2 rings (SSSR count). The summed E-state index contributed by atoms with van der Waals surface area (Å²) in [6, 6.07) is 11.8. The minimum absolute atomic E-state index is 0.474. The van der Waals surface area contributed by atoms with Crippen LogP contribution in [0.5, 0.6) is 11.6 Å². The molecule has 1 aromatic carbocycles. The van der Waals surface area contributed by atoms with Gasteiger partial charge in [0, 0.05) is 21.2 Å². The number of hydrogen-bond donors (Lipinski definition) is 0. The third-order valence-corrected chi connectivity index (χ3v) is 3.57. The Morgan fingerprint density at radius 1 is 1.26 bits per heavy atom. The molecular weight excluding hydrogens is 373 g/mol. The van der Waals surface area contributed by atoms with E-state index in [1.54, 1.807) is 0 Å².